The number of nitrogens with zero attached hydrogens (tertiary/aromatic N) is 2. The highest BCUT2D eigenvalue weighted by molar-refractivity contribution is 7.92. The molecule has 1 unspecified atom stereocenters. The number of anilines is 1. The van der Waals surface area contributed by atoms with Crippen LogP contribution in [0.5, 0.6) is 0 Å². The summed E-state index contributed by atoms with van der Waals surface area (Å²) in [6, 6.07) is 12.5. The molecule has 1 atom stereocenters. The number of hydrogen-bond donors (Lipinski definition) is 1. The minimum atomic E-state index is -3.74. The van der Waals surface area contributed by atoms with Crippen LogP contribution in [0.4, 0.5) is 5.69 Å². The molecule has 7 nitrogen and oxygen atoms in total. The van der Waals surface area contributed by atoms with Crippen LogP contribution in [-0.4, -0.2) is 50.0 Å². The highest BCUT2D eigenvalue weighted by Gasteiger charge is 2.31. The first-order valence-electron chi connectivity index (χ1n) is 12.2. The van der Waals surface area contributed by atoms with Gasteiger partial charge >= 0.3 is 0 Å². The van der Waals surface area contributed by atoms with Crippen molar-refractivity contribution in [3.63, 3.8) is 0 Å². The molecule has 0 bridgehead atoms. The van der Waals surface area contributed by atoms with Crippen LogP contribution in [-0.2, 0) is 26.2 Å². The largest absolute Gasteiger partial charge is 0.352 e. The monoisotopic (exact) mass is 499 g/mol. The average molecular weight is 500 g/mol. The molecule has 190 valence electrons. The molecule has 0 heterocycles. The molecule has 0 aromatic heterocycles. The third kappa shape index (κ3) is 6.84. The van der Waals surface area contributed by atoms with Gasteiger partial charge in [-0.3, -0.25) is 13.9 Å². The molecule has 2 aromatic rings. The normalized spacial score (nSPS) is 15.0. The number of benzene rings is 2. The second-order valence-corrected chi connectivity index (χ2v) is 11.6. The molecule has 35 heavy (non-hydrogen) atoms. The Kier molecular flexibility index (Phi) is 8.59. The van der Waals surface area contributed by atoms with Crippen LogP contribution >= 0.6 is 0 Å². The molecule has 8 heteroatoms. The van der Waals surface area contributed by atoms with Gasteiger partial charge in [-0.2, -0.15) is 0 Å². The van der Waals surface area contributed by atoms with Crippen LogP contribution in [0.3, 0.4) is 0 Å². The number of hydrogen-bond acceptors (Lipinski definition) is 4. The molecule has 3 rings (SSSR count). The van der Waals surface area contributed by atoms with Gasteiger partial charge < -0.3 is 10.2 Å². The molecule has 2 aromatic carbocycles. The summed E-state index contributed by atoms with van der Waals surface area (Å²) in [4.78, 5) is 28.3. The SMILES string of the molecule is Cc1ccc(CN(C(=O)CN(c2cccc(C)c2C)S(C)(=O)=O)C(C)C(=O)NC2CCCC2)cc1. The maximum absolute atomic E-state index is 13.7. The van der Waals surface area contributed by atoms with Gasteiger partial charge in [0.15, 0.2) is 0 Å². The topological polar surface area (TPSA) is 86.8 Å². The lowest BCUT2D eigenvalue weighted by Gasteiger charge is -2.32. The number of rotatable bonds is 9. The van der Waals surface area contributed by atoms with Crippen molar-refractivity contribution in [3.8, 4) is 0 Å². The summed E-state index contributed by atoms with van der Waals surface area (Å²) in [5, 5.41) is 3.08. The fourth-order valence-electron chi connectivity index (χ4n) is 4.47. The van der Waals surface area contributed by atoms with Gasteiger partial charge in [0, 0.05) is 12.6 Å². The van der Waals surface area contributed by atoms with Gasteiger partial charge in [0.05, 0.1) is 11.9 Å². The number of carbonyl (C=O) groups excluding carboxylic acids is 2. The third-order valence-electron chi connectivity index (χ3n) is 6.87. The predicted octanol–water partition coefficient (Wildman–Crippen LogP) is 3.85. The van der Waals surface area contributed by atoms with Crippen LogP contribution in [0.1, 0.15) is 54.9 Å². The van der Waals surface area contributed by atoms with Crippen molar-refractivity contribution in [2.45, 2.75) is 72.0 Å². The third-order valence-corrected chi connectivity index (χ3v) is 7.99. The van der Waals surface area contributed by atoms with Gasteiger partial charge in [-0.05, 0) is 63.3 Å². The Morgan fingerprint density at radius 3 is 2.26 bits per heavy atom. The van der Waals surface area contributed by atoms with E-state index in [1.165, 1.54) is 4.90 Å². The first-order chi connectivity index (χ1) is 16.5. The molecule has 1 aliphatic rings. The lowest BCUT2D eigenvalue weighted by molar-refractivity contribution is -0.139. The molecule has 0 aliphatic heterocycles. The van der Waals surface area contributed by atoms with E-state index in [9.17, 15) is 18.0 Å². The van der Waals surface area contributed by atoms with E-state index < -0.39 is 22.0 Å². The average Bonchev–Trinajstić information content (AvgIpc) is 3.31. The highest BCUT2D eigenvalue weighted by atomic mass is 32.2. The van der Waals surface area contributed by atoms with E-state index in [4.69, 9.17) is 0 Å². The molecule has 0 saturated heterocycles. The van der Waals surface area contributed by atoms with Crippen molar-refractivity contribution >= 4 is 27.5 Å². The molecule has 1 fully saturated rings. The van der Waals surface area contributed by atoms with Crippen molar-refractivity contribution in [3.05, 3.63) is 64.7 Å². The second kappa shape index (κ2) is 11.2. The molecular formula is C27H37N3O4S. The molecule has 1 saturated carbocycles. The Bertz CT molecular complexity index is 1160. The maximum Gasteiger partial charge on any atom is 0.244 e. The van der Waals surface area contributed by atoms with E-state index in [1.54, 1.807) is 19.1 Å². The van der Waals surface area contributed by atoms with E-state index in [-0.39, 0.29) is 25.0 Å². The van der Waals surface area contributed by atoms with E-state index in [2.05, 4.69) is 5.32 Å². The van der Waals surface area contributed by atoms with Gasteiger partial charge in [-0.1, -0.05) is 54.8 Å². The fourth-order valence-corrected chi connectivity index (χ4v) is 5.37. The summed E-state index contributed by atoms with van der Waals surface area (Å²) in [6.45, 7) is 7.27. The predicted molar refractivity (Wildman–Crippen MR) is 140 cm³/mol. The van der Waals surface area contributed by atoms with E-state index >= 15 is 0 Å². The Labute approximate surface area is 209 Å². The van der Waals surface area contributed by atoms with E-state index in [1.807, 2.05) is 51.1 Å². The Morgan fingerprint density at radius 1 is 1.03 bits per heavy atom. The second-order valence-electron chi connectivity index (χ2n) is 9.66. The zero-order valence-corrected chi connectivity index (χ0v) is 22.2. The minimum Gasteiger partial charge on any atom is -0.352 e. The van der Waals surface area contributed by atoms with Gasteiger partial charge in [0.2, 0.25) is 21.8 Å². The summed E-state index contributed by atoms with van der Waals surface area (Å²) in [5.74, 6) is -0.638. The number of carbonyl (C=O) groups is 2. The summed E-state index contributed by atoms with van der Waals surface area (Å²) in [5.41, 5.74) is 4.17. The molecule has 2 amide bonds. The lowest BCUT2D eigenvalue weighted by Crippen LogP contribution is -2.52. The van der Waals surface area contributed by atoms with Crippen molar-refractivity contribution in [2.24, 2.45) is 0 Å². The number of sulfonamides is 1. The highest BCUT2D eigenvalue weighted by Crippen LogP contribution is 2.25. The summed E-state index contributed by atoms with van der Waals surface area (Å²) in [7, 11) is -3.74. The molecular weight excluding hydrogens is 462 g/mol. The van der Waals surface area contributed by atoms with Crippen LogP contribution in [0, 0.1) is 20.8 Å². The summed E-state index contributed by atoms with van der Waals surface area (Å²) in [6.07, 6.45) is 5.16. The molecule has 1 N–H and O–H groups in total. The minimum absolute atomic E-state index is 0.128. The van der Waals surface area contributed by atoms with Gasteiger partial charge in [-0.15, -0.1) is 0 Å². The Morgan fingerprint density at radius 2 is 1.66 bits per heavy atom. The Hall–Kier alpha value is -2.87. The fraction of sp³-hybridized carbons (Fsp3) is 0.481. The Balaban J connectivity index is 1.90. The molecule has 0 spiro atoms. The van der Waals surface area contributed by atoms with Crippen LogP contribution < -0.4 is 9.62 Å². The van der Waals surface area contributed by atoms with Crippen LogP contribution in [0.2, 0.25) is 0 Å². The summed E-state index contributed by atoms with van der Waals surface area (Å²) < 4.78 is 26.7. The van der Waals surface area contributed by atoms with Crippen molar-refractivity contribution < 1.29 is 18.0 Å². The standard InChI is InChI=1S/C27H37N3O4S/c1-19-13-15-23(16-14-19)17-29(22(4)27(32)28-24-10-6-7-11-24)26(31)18-30(35(5,33)34)25-12-8-9-20(2)21(25)3/h8-9,12-16,22,24H,6-7,10-11,17-18H2,1-5H3,(H,28,32). The van der Waals surface area contributed by atoms with Crippen molar-refractivity contribution in [1.29, 1.82) is 0 Å². The first-order valence-corrected chi connectivity index (χ1v) is 14.0. The zero-order valence-electron chi connectivity index (χ0n) is 21.4. The quantitative estimate of drug-likeness (QED) is 0.568. The molecule has 0 radical (unpaired) electrons. The van der Waals surface area contributed by atoms with Gasteiger partial charge in [0.25, 0.3) is 0 Å². The van der Waals surface area contributed by atoms with Crippen LogP contribution in [0.25, 0.3) is 0 Å². The van der Waals surface area contributed by atoms with Crippen molar-refractivity contribution in [1.82, 2.24) is 10.2 Å². The van der Waals surface area contributed by atoms with E-state index in [0.29, 0.717) is 5.69 Å². The maximum atomic E-state index is 13.7. The van der Waals surface area contributed by atoms with Gasteiger partial charge in [0.1, 0.15) is 12.6 Å². The summed E-state index contributed by atoms with van der Waals surface area (Å²) >= 11 is 0. The van der Waals surface area contributed by atoms with Crippen LogP contribution in [0.15, 0.2) is 42.5 Å². The first kappa shape index (κ1) is 26.7. The lowest BCUT2D eigenvalue weighted by atomic mass is 10.1. The number of nitrogens with one attached hydrogen (secondary N) is 1. The number of amides is 2. The smallest absolute Gasteiger partial charge is 0.244 e. The van der Waals surface area contributed by atoms with E-state index in [0.717, 1.165) is 58.5 Å². The number of aryl methyl sites for hydroxylation is 2. The zero-order chi connectivity index (χ0) is 25.8. The van der Waals surface area contributed by atoms with Gasteiger partial charge in [-0.25, -0.2) is 8.42 Å². The molecule has 1 aliphatic carbocycles. The van der Waals surface area contributed by atoms with Crippen molar-refractivity contribution in [2.75, 3.05) is 17.1 Å².